The van der Waals surface area contributed by atoms with Gasteiger partial charge in [-0.05, 0) is 6.07 Å². The molecule has 0 saturated carbocycles. The zero-order valence-corrected chi connectivity index (χ0v) is 14.9. The van der Waals surface area contributed by atoms with Crippen molar-refractivity contribution >= 4 is 34.1 Å². The minimum Gasteiger partial charge on any atom is -0.486 e. The molecule has 0 radical (unpaired) electrons. The molecule has 3 aromatic rings. The highest BCUT2D eigenvalue weighted by Crippen LogP contribution is 2.40. The molecule has 1 aliphatic heterocycles. The Morgan fingerprint density at radius 3 is 2.50 bits per heavy atom. The SMILES string of the molecule is O=C(Nc1cc2c(cc1Cl)OCCO2)c1cnc2ccccc2c1C(F)(F)F. The smallest absolute Gasteiger partial charge is 0.417 e. The third-order valence-corrected chi connectivity index (χ3v) is 4.50. The molecule has 9 heteroatoms. The molecule has 0 aliphatic carbocycles. The Morgan fingerprint density at radius 2 is 1.79 bits per heavy atom. The van der Waals surface area contributed by atoms with E-state index in [0.717, 1.165) is 6.20 Å². The number of benzene rings is 2. The highest BCUT2D eigenvalue weighted by atomic mass is 35.5. The molecule has 2 heterocycles. The van der Waals surface area contributed by atoms with Gasteiger partial charge in [0, 0.05) is 23.7 Å². The van der Waals surface area contributed by atoms with Crippen LogP contribution in [-0.4, -0.2) is 24.1 Å². The number of alkyl halides is 3. The number of carbonyl (C=O) groups excluding carboxylic acids is 1. The summed E-state index contributed by atoms with van der Waals surface area (Å²) in [5.41, 5.74) is -1.40. The summed E-state index contributed by atoms with van der Waals surface area (Å²) in [6, 6.07) is 8.61. The maximum absolute atomic E-state index is 13.7. The number of rotatable bonds is 2. The number of anilines is 1. The molecule has 0 unspecified atom stereocenters. The molecule has 5 nitrogen and oxygen atoms in total. The summed E-state index contributed by atoms with van der Waals surface area (Å²) in [6.45, 7) is 0.668. The molecule has 0 atom stereocenters. The van der Waals surface area contributed by atoms with Gasteiger partial charge in [-0.15, -0.1) is 0 Å². The van der Waals surface area contributed by atoms with E-state index in [2.05, 4.69) is 10.3 Å². The van der Waals surface area contributed by atoms with Crippen molar-refractivity contribution in [2.24, 2.45) is 0 Å². The minimum atomic E-state index is -4.74. The van der Waals surface area contributed by atoms with Crippen LogP contribution in [0.3, 0.4) is 0 Å². The van der Waals surface area contributed by atoms with Crippen molar-refractivity contribution in [2.75, 3.05) is 18.5 Å². The number of pyridine rings is 1. The van der Waals surface area contributed by atoms with E-state index >= 15 is 0 Å². The summed E-state index contributed by atoms with van der Waals surface area (Å²) < 4.78 is 51.9. The van der Waals surface area contributed by atoms with Gasteiger partial charge >= 0.3 is 6.18 Å². The van der Waals surface area contributed by atoms with Gasteiger partial charge in [-0.2, -0.15) is 13.2 Å². The molecular weight excluding hydrogens is 397 g/mol. The largest absolute Gasteiger partial charge is 0.486 e. The van der Waals surface area contributed by atoms with Crippen LogP contribution in [-0.2, 0) is 6.18 Å². The summed E-state index contributed by atoms with van der Waals surface area (Å²) in [6.07, 6.45) is -3.84. The minimum absolute atomic E-state index is 0.109. The lowest BCUT2D eigenvalue weighted by molar-refractivity contribution is -0.136. The highest BCUT2D eigenvalue weighted by Gasteiger charge is 2.37. The fourth-order valence-electron chi connectivity index (χ4n) is 2.97. The second kappa shape index (κ2) is 6.87. The zero-order chi connectivity index (χ0) is 19.9. The first-order valence-electron chi connectivity index (χ1n) is 8.20. The van der Waals surface area contributed by atoms with E-state index in [0.29, 0.717) is 24.7 Å². The molecular formula is C19H12ClF3N2O3. The summed E-state index contributed by atoms with van der Waals surface area (Å²) in [4.78, 5) is 16.6. The van der Waals surface area contributed by atoms with Gasteiger partial charge in [0.25, 0.3) is 5.91 Å². The van der Waals surface area contributed by atoms with Crippen LogP contribution in [0.5, 0.6) is 11.5 Å². The lowest BCUT2D eigenvalue weighted by Gasteiger charge is -2.20. The fraction of sp³-hybridized carbons (Fsp3) is 0.158. The molecule has 0 spiro atoms. The summed E-state index contributed by atoms with van der Waals surface area (Å²) >= 11 is 6.13. The highest BCUT2D eigenvalue weighted by molar-refractivity contribution is 6.34. The van der Waals surface area contributed by atoms with Gasteiger partial charge in [-0.1, -0.05) is 29.8 Å². The van der Waals surface area contributed by atoms with Crippen LogP contribution < -0.4 is 14.8 Å². The van der Waals surface area contributed by atoms with Crippen molar-refractivity contribution in [3.05, 3.63) is 58.7 Å². The van der Waals surface area contributed by atoms with Crippen LogP contribution in [0.2, 0.25) is 5.02 Å². The number of hydrogen-bond acceptors (Lipinski definition) is 4. The van der Waals surface area contributed by atoms with Gasteiger partial charge in [-0.3, -0.25) is 9.78 Å². The average Bonchev–Trinajstić information content (AvgIpc) is 2.66. The summed E-state index contributed by atoms with van der Waals surface area (Å²) in [5, 5.41) is 2.36. The van der Waals surface area contributed by atoms with E-state index in [-0.39, 0.29) is 21.6 Å². The number of hydrogen-bond donors (Lipinski definition) is 1. The van der Waals surface area contributed by atoms with E-state index in [1.807, 2.05) is 0 Å². The normalized spacial score (nSPS) is 13.4. The van der Waals surface area contributed by atoms with Crippen molar-refractivity contribution in [3.8, 4) is 11.5 Å². The number of aromatic nitrogens is 1. The van der Waals surface area contributed by atoms with Crippen LogP contribution in [0.25, 0.3) is 10.9 Å². The zero-order valence-electron chi connectivity index (χ0n) is 14.1. The molecule has 0 fully saturated rings. The second-order valence-electron chi connectivity index (χ2n) is 5.99. The first-order chi connectivity index (χ1) is 13.3. The summed E-state index contributed by atoms with van der Waals surface area (Å²) in [5.74, 6) is -0.236. The van der Waals surface area contributed by atoms with E-state index in [4.69, 9.17) is 21.1 Å². The summed E-state index contributed by atoms with van der Waals surface area (Å²) in [7, 11) is 0. The predicted octanol–water partition coefficient (Wildman–Crippen LogP) is 4.93. The van der Waals surface area contributed by atoms with Crippen LogP contribution in [0, 0.1) is 0 Å². The Morgan fingerprint density at radius 1 is 1.11 bits per heavy atom. The molecule has 1 amide bonds. The Kier molecular flexibility index (Phi) is 4.50. The standard InChI is InChI=1S/C19H12ClF3N2O3/c20-12-7-15-16(28-6-5-27-15)8-14(12)25-18(26)11-9-24-13-4-2-1-3-10(13)17(11)19(21,22)23/h1-4,7-9H,5-6H2,(H,25,26). The van der Waals surface area contributed by atoms with E-state index < -0.39 is 23.2 Å². The van der Waals surface area contributed by atoms with Crippen molar-refractivity contribution in [1.82, 2.24) is 4.98 Å². The Labute approximate surface area is 162 Å². The fourth-order valence-corrected chi connectivity index (χ4v) is 3.17. The number of nitrogens with zero attached hydrogens (tertiary/aromatic N) is 1. The number of halogens is 4. The van der Waals surface area contributed by atoms with Crippen LogP contribution in [0.4, 0.5) is 18.9 Å². The number of amides is 1. The third-order valence-electron chi connectivity index (χ3n) is 4.18. The van der Waals surface area contributed by atoms with Crippen molar-refractivity contribution < 1.29 is 27.4 Å². The van der Waals surface area contributed by atoms with Crippen LogP contribution in [0.15, 0.2) is 42.6 Å². The molecule has 0 saturated heterocycles. The van der Waals surface area contributed by atoms with Crippen LogP contribution in [0.1, 0.15) is 15.9 Å². The van der Waals surface area contributed by atoms with Gasteiger partial charge in [0.1, 0.15) is 13.2 Å². The average molecular weight is 409 g/mol. The maximum Gasteiger partial charge on any atom is 0.417 e. The number of para-hydroxylation sites is 1. The molecule has 4 rings (SSSR count). The predicted molar refractivity (Wildman–Crippen MR) is 97.1 cm³/mol. The van der Waals surface area contributed by atoms with E-state index in [1.165, 1.54) is 30.3 Å². The Hall–Kier alpha value is -3.00. The van der Waals surface area contributed by atoms with Crippen molar-refractivity contribution in [2.45, 2.75) is 6.18 Å². The lowest BCUT2D eigenvalue weighted by atomic mass is 10.0. The second-order valence-corrected chi connectivity index (χ2v) is 6.40. The maximum atomic E-state index is 13.7. The lowest BCUT2D eigenvalue weighted by Crippen LogP contribution is -2.20. The van der Waals surface area contributed by atoms with Gasteiger partial charge < -0.3 is 14.8 Å². The first-order valence-corrected chi connectivity index (χ1v) is 8.58. The van der Waals surface area contributed by atoms with Gasteiger partial charge in [0.15, 0.2) is 11.5 Å². The van der Waals surface area contributed by atoms with Crippen molar-refractivity contribution in [3.63, 3.8) is 0 Å². The molecule has 0 bridgehead atoms. The van der Waals surface area contributed by atoms with Crippen LogP contribution >= 0.6 is 11.6 Å². The van der Waals surface area contributed by atoms with E-state index in [1.54, 1.807) is 6.07 Å². The molecule has 1 aromatic heterocycles. The van der Waals surface area contributed by atoms with Gasteiger partial charge in [0.05, 0.1) is 27.4 Å². The third kappa shape index (κ3) is 3.31. The number of carbonyl (C=O) groups is 1. The van der Waals surface area contributed by atoms with Crippen molar-refractivity contribution in [1.29, 1.82) is 0 Å². The van der Waals surface area contributed by atoms with Gasteiger partial charge in [-0.25, -0.2) is 0 Å². The monoisotopic (exact) mass is 408 g/mol. The molecule has 2 aromatic carbocycles. The van der Waals surface area contributed by atoms with Gasteiger partial charge in [0.2, 0.25) is 0 Å². The quantitative estimate of drug-likeness (QED) is 0.653. The topological polar surface area (TPSA) is 60.5 Å². The Bertz CT molecular complexity index is 1090. The molecule has 1 aliphatic rings. The number of ether oxygens (including phenoxy) is 2. The Balaban J connectivity index is 1.76. The molecule has 144 valence electrons. The number of fused-ring (bicyclic) bond motifs is 2. The van der Waals surface area contributed by atoms with E-state index in [9.17, 15) is 18.0 Å². The number of nitrogens with one attached hydrogen (secondary N) is 1. The first kappa shape index (κ1) is 18.4. The molecule has 1 N–H and O–H groups in total. The molecule has 28 heavy (non-hydrogen) atoms.